The Balaban J connectivity index is 1.77. The van der Waals surface area contributed by atoms with Crippen LogP contribution in [0.15, 0.2) is 69.9 Å². The lowest BCUT2D eigenvalue weighted by molar-refractivity contribution is 0.116. The van der Waals surface area contributed by atoms with E-state index in [2.05, 4.69) is 129 Å². The van der Waals surface area contributed by atoms with Gasteiger partial charge in [-0.25, -0.2) is 0 Å². The maximum atomic E-state index is 10.1. The smallest absolute Gasteiger partial charge is 0.0586 e. The molecule has 0 fully saturated rings. The highest BCUT2D eigenvalue weighted by Gasteiger charge is 2.33. The van der Waals surface area contributed by atoms with Crippen LogP contribution in [0.1, 0.15) is 121 Å². The zero-order valence-electron chi connectivity index (χ0n) is 28.3. The van der Waals surface area contributed by atoms with Gasteiger partial charge in [0, 0.05) is 27.9 Å². The summed E-state index contributed by atoms with van der Waals surface area (Å²) < 4.78 is 0. The van der Waals surface area contributed by atoms with Crippen molar-refractivity contribution in [1.29, 1.82) is 0 Å². The fraction of sp³-hybridized carbons (Fsp3) is 0.600. The molecule has 2 aliphatic carbocycles. The van der Waals surface area contributed by atoms with Crippen LogP contribution in [0.3, 0.4) is 0 Å². The molecule has 0 saturated carbocycles. The molecule has 2 aliphatic rings. The molecule has 0 heterocycles. The standard InChI is InChI=1S/C40H58O2/c1-29(17-13-19-31(3)21-23-37-33(5)25-35(41)27-39(37,7)8)15-11-12-16-30(2)18-14-20-32(4)22-24-38-34(6)26-36(42)28-40(38,9)10/h11-13,15,17,20,30-31,35-36,41-42H,14,16,18-19,25-28H2,1-10H3/b12-11-,17-13-,29-15-,32-20+/t30?,31?,35-,36-/m1/s1. The van der Waals surface area contributed by atoms with Gasteiger partial charge in [-0.2, -0.15) is 0 Å². The molecule has 0 spiro atoms. The summed E-state index contributed by atoms with van der Waals surface area (Å²) in [5.74, 6) is 14.6. The third-order valence-electron chi connectivity index (χ3n) is 8.62. The highest BCUT2D eigenvalue weighted by molar-refractivity contribution is 5.44. The normalized spacial score (nSPS) is 24.4. The van der Waals surface area contributed by atoms with Gasteiger partial charge in [-0.3, -0.25) is 0 Å². The Morgan fingerprint density at radius 1 is 0.881 bits per heavy atom. The monoisotopic (exact) mass is 570 g/mol. The van der Waals surface area contributed by atoms with Crippen molar-refractivity contribution in [3.8, 4) is 23.7 Å². The van der Waals surface area contributed by atoms with Crippen molar-refractivity contribution in [2.45, 2.75) is 133 Å². The summed E-state index contributed by atoms with van der Waals surface area (Å²) in [5.41, 5.74) is 7.17. The van der Waals surface area contributed by atoms with E-state index < -0.39 is 0 Å². The van der Waals surface area contributed by atoms with Crippen molar-refractivity contribution in [2.75, 3.05) is 0 Å². The van der Waals surface area contributed by atoms with Crippen LogP contribution in [0, 0.1) is 46.3 Å². The molecule has 0 bridgehead atoms. The van der Waals surface area contributed by atoms with Crippen molar-refractivity contribution in [2.24, 2.45) is 22.7 Å². The van der Waals surface area contributed by atoms with E-state index >= 15 is 0 Å². The lowest BCUT2D eigenvalue weighted by atomic mass is 9.72. The molecule has 2 nitrogen and oxygen atoms in total. The molecule has 0 radical (unpaired) electrons. The summed E-state index contributed by atoms with van der Waals surface area (Å²) in [5, 5.41) is 20.2. The first-order chi connectivity index (χ1) is 19.6. The zero-order valence-corrected chi connectivity index (χ0v) is 28.3. The molecule has 0 aromatic carbocycles. The summed E-state index contributed by atoms with van der Waals surface area (Å²) in [6, 6.07) is 0. The van der Waals surface area contributed by atoms with E-state index in [0.29, 0.717) is 11.8 Å². The van der Waals surface area contributed by atoms with Crippen LogP contribution in [0.25, 0.3) is 0 Å². The van der Waals surface area contributed by atoms with Crippen molar-refractivity contribution < 1.29 is 10.2 Å². The molecule has 2 N–H and O–H groups in total. The topological polar surface area (TPSA) is 40.5 Å². The number of allylic oxidation sites excluding steroid dienone is 10. The number of hydrogen-bond donors (Lipinski definition) is 2. The van der Waals surface area contributed by atoms with Crippen molar-refractivity contribution in [3.05, 3.63) is 69.9 Å². The van der Waals surface area contributed by atoms with Gasteiger partial charge in [0.05, 0.1) is 12.2 Å². The van der Waals surface area contributed by atoms with Crippen molar-refractivity contribution >= 4 is 0 Å². The van der Waals surface area contributed by atoms with Crippen LogP contribution in [-0.4, -0.2) is 22.4 Å². The van der Waals surface area contributed by atoms with Crippen LogP contribution in [0.5, 0.6) is 0 Å². The molecular weight excluding hydrogens is 512 g/mol. The maximum Gasteiger partial charge on any atom is 0.0586 e. The highest BCUT2D eigenvalue weighted by Crippen LogP contribution is 2.40. The van der Waals surface area contributed by atoms with E-state index in [1.54, 1.807) is 0 Å². The Kier molecular flexibility index (Phi) is 13.9. The molecule has 2 heteroatoms. The van der Waals surface area contributed by atoms with Crippen LogP contribution in [0.2, 0.25) is 0 Å². The zero-order chi connectivity index (χ0) is 31.5. The minimum Gasteiger partial charge on any atom is -0.393 e. The number of rotatable bonds is 9. The number of aliphatic hydroxyl groups excluding tert-OH is 2. The summed E-state index contributed by atoms with van der Waals surface area (Å²) >= 11 is 0. The molecule has 2 unspecified atom stereocenters. The summed E-state index contributed by atoms with van der Waals surface area (Å²) in [7, 11) is 0. The second-order valence-corrected chi connectivity index (χ2v) is 14.4. The molecule has 42 heavy (non-hydrogen) atoms. The first kappa shape index (κ1) is 35.7. The van der Waals surface area contributed by atoms with Gasteiger partial charge < -0.3 is 10.2 Å². The van der Waals surface area contributed by atoms with E-state index in [0.717, 1.165) is 56.9 Å². The quantitative estimate of drug-likeness (QED) is 0.214. The van der Waals surface area contributed by atoms with Crippen LogP contribution >= 0.6 is 0 Å². The molecule has 0 saturated heterocycles. The van der Waals surface area contributed by atoms with Gasteiger partial charge in [0.1, 0.15) is 0 Å². The lowest BCUT2D eigenvalue weighted by Crippen LogP contribution is -2.28. The third-order valence-corrected chi connectivity index (χ3v) is 8.62. The fourth-order valence-corrected chi connectivity index (χ4v) is 6.36. The summed E-state index contributed by atoms with van der Waals surface area (Å²) in [4.78, 5) is 0. The van der Waals surface area contributed by atoms with Gasteiger partial charge in [0.2, 0.25) is 0 Å². The van der Waals surface area contributed by atoms with Crippen LogP contribution in [0.4, 0.5) is 0 Å². The largest absolute Gasteiger partial charge is 0.393 e. The summed E-state index contributed by atoms with van der Waals surface area (Å²) in [6.45, 7) is 21.7. The van der Waals surface area contributed by atoms with Gasteiger partial charge in [-0.05, 0) is 90.6 Å². The Morgan fingerprint density at radius 2 is 1.45 bits per heavy atom. The van der Waals surface area contributed by atoms with Crippen LogP contribution < -0.4 is 0 Å². The molecule has 0 amide bonds. The fourth-order valence-electron chi connectivity index (χ4n) is 6.36. The predicted octanol–water partition coefficient (Wildman–Crippen LogP) is 9.83. The molecule has 0 aromatic rings. The minimum atomic E-state index is -0.243. The highest BCUT2D eigenvalue weighted by atomic mass is 16.3. The first-order valence-electron chi connectivity index (χ1n) is 16.1. The third kappa shape index (κ3) is 12.0. The van der Waals surface area contributed by atoms with Gasteiger partial charge in [-0.1, -0.05) is 118 Å². The molecule has 2 rings (SSSR count). The second-order valence-electron chi connectivity index (χ2n) is 14.4. The van der Waals surface area contributed by atoms with E-state index in [-0.39, 0.29) is 23.0 Å². The molecule has 0 aromatic heterocycles. The summed E-state index contributed by atoms with van der Waals surface area (Å²) in [6.07, 6.45) is 20.1. The molecule has 0 aliphatic heterocycles. The SMILES string of the molecule is CC1=C(C#C/C(C)=C/CCC(C)C\C=C/C=C(C)\C=C/CC(C)C#CC2=C(C)C[C@@H](O)CC2(C)C)C(C)(C)C[C@H](O)C1. The van der Waals surface area contributed by atoms with Gasteiger partial charge >= 0.3 is 0 Å². The second kappa shape index (κ2) is 16.4. The Labute approximate surface area is 258 Å². The van der Waals surface area contributed by atoms with Gasteiger partial charge in [0.15, 0.2) is 0 Å². The maximum absolute atomic E-state index is 10.1. The van der Waals surface area contributed by atoms with E-state index in [1.807, 2.05) is 0 Å². The van der Waals surface area contributed by atoms with Crippen molar-refractivity contribution in [3.63, 3.8) is 0 Å². The Hall–Kier alpha value is -2.52. The average Bonchev–Trinajstić information content (AvgIpc) is 2.84. The first-order valence-corrected chi connectivity index (χ1v) is 16.1. The molecule has 230 valence electrons. The van der Waals surface area contributed by atoms with Gasteiger partial charge in [-0.15, -0.1) is 0 Å². The lowest BCUT2D eigenvalue weighted by Gasteiger charge is -2.34. The van der Waals surface area contributed by atoms with Gasteiger partial charge in [0.25, 0.3) is 0 Å². The van der Waals surface area contributed by atoms with E-state index in [4.69, 9.17) is 0 Å². The Morgan fingerprint density at radius 3 is 2.02 bits per heavy atom. The molecular formula is C40H58O2. The number of hydrogen-bond acceptors (Lipinski definition) is 2. The van der Waals surface area contributed by atoms with E-state index in [9.17, 15) is 10.2 Å². The molecule has 4 atom stereocenters. The predicted molar refractivity (Wildman–Crippen MR) is 182 cm³/mol. The average molecular weight is 571 g/mol. The minimum absolute atomic E-state index is 0.0479. The van der Waals surface area contributed by atoms with Crippen LogP contribution in [-0.2, 0) is 0 Å². The van der Waals surface area contributed by atoms with Crippen molar-refractivity contribution in [1.82, 2.24) is 0 Å². The Bertz CT molecular complexity index is 1240. The number of aliphatic hydroxyl groups is 2. The van der Waals surface area contributed by atoms with E-state index in [1.165, 1.54) is 27.9 Å².